The zero-order valence-electron chi connectivity index (χ0n) is 10.9. The average molecular weight is 230 g/mol. The van der Waals surface area contributed by atoms with E-state index >= 15 is 0 Å². The number of hydrogen-bond acceptors (Lipinski definition) is 3. The highest BCUT2D eigenvalue weighted by atomic mass is 16.6. The van der Waals surface area contributed by atoms with Gasteiger partial charge in [-0.3, -0.25) is 0 Å². The molecule has 96 valence electrons. The van der Waals surface area contributed by atoms with Gasteiger partial charge in [0.1, 0.15) is 5.60 Å². The lowest BCUT2D eigenvalue weighted by Gasteiger charge is -2.36. The van der Waals surface area contributed by atoms with Gasteiger partial charge >= 0.3 is 0 Å². The number of aliphatic hydroxyl groups excluding tert-OH is 1. The molecule has 4 atom stereocenters. The fraction of sp³-hybridized carbons (Fsp3) is 1.00. The third kappa shape index (κ3) is 3.44. The molecular weight excluding hydrogens is 204 g/mol. The highest BCUT2D eigenvalue weighted by Crippen LogP contribution is 2.29. The van der Waals surface area contributed by atoms with Gasteiger partial charge in [0.05, 0.1) is 6.10 Å². The smallest absolute Gasteiger partial charge is 0.183 e. The van der Waals surface area contributed by atoms with E-state index in [4.69, 9.17) is 4.74 Å². The van der Waals surface area contributed by atoms with Crippen LogP contribution >= 0.6 is 0 Å². The molecule has 0 spiro atoms. The van der Waals surface area contributed by atoms with Crippen LogP contribution in [-0.4, -0.2) is 28.2 Å². The van der Waals surface area contributed by atoms with Gasteiger partial charge in [0.25, 0.3) is 0 Å². The molecular formula is C13H26O3. The molecule has 3 nitrogen and oxygen atoms in total. The Morgan fingerprint density at radius 3 is 2.44 bits per heavy atom. The summed E-state index contributed by atoms with van der Waals surface area (Å²) >= 11 is 0. The van der Waals surface area contributed by atoms with Crippen LogP contribution in [0.2, 0.25) is 0 Å². The van der Waals surface area contributed by atoms with Crippen molar-refractivity contribution in [2.75, 3.05) is 0 Å². The average Bonchev–Trinajstić information content (AvgIpc) is 2.17. The topological polar surface area (TPSA) is 49.7 Å². The summed E-state index contributed by atoms with van der Waals surface area (Å²) in [6, 6.07) is 0. The summed E-state index contributed by atoms with van der Waals surface area (Å²) in [6.45, 7) is 7.61. The van der Waals surface area contributed by atoms with Crippen molar-refractivity contribution in [3.63, 3.8) is 0 Å². The molecule has 0 aliphatic heterocycles. The molecule has 0 saturated heterocycles. The van der Waals surface area contributed by atoms with Gasteiger partial charge in [0.2, 0.25) is 0 Å². The van der Waals surface area contributed by atoms with Crippen LogP contribution < -0.4 is 0 Å². The largest absolute Gasteiger partial charge is 0.385 e. The quantitative estimate of drug-likeness (QED) is 0.729. The summed E-state index contributed by atoms with van der Waals surface area (Å²) in [6.07, 6.45) is 3.41. The minimum atomic E-state index is -1.17. The first-order valence-corrected chi connectivity index (χ1v) is 6.40. The number of rotatable bonds is 4. The summed E-state index contributed by atoms with van der Waals surface area (Å²) in [4.78, 5) is 0. The maximum Gasteiger partial charge on any atom is 0.183 e. The molecule has 0 heterocycles. The zero-order chi connectivity index (χ0) is 12.3. The molecule has 0 aromatic rings. The third-order valence-electron chi connectivity index (χ3n) is 3.88. The van der Waals surface area contributed by atoms with Crippen LogP contribution in [0.1, 0.15) is 53.4 Å². The van der Waals surface area contributed by atoms with Crippen molar-refractivity contribution in [3.8, 4) is 0 Å². The van der Waals surface area contributed by atoms with Crippen LogP contribution in [0.4, 0.5) is 0 Å². The normalized spacial score (nSPS) is 32.4. The Balaban J connectivity index is 2.47. The number of ether oxygens (including phenoxy) is 1. The first-order valence-electron chi connectivity index (χ1n) is 6.40. The molecule has 1 aliphatic rings. The van der Waals surface area contributed by atoms with Crippen molar-refractivity contribution in [1.29, 1.82) is 0 Å². The van der Waals surface area contributed by atoms with Crippen molar-refractivity contribution in [2.24, 2.45) is 11.8 Å². The van der Waals surface area contributed by atoms with Gasteiger partial charge in [-0.25, -0.2) is 0 Å². The Bertz CT molecular complexity index is 213. The molecule has 0 bridgehead atoms. The van der Waals surface area contributed by atoms with E-state index in [1.807, 2.05) is 13.8 Å². The van der Waals surface area contributed by atoms with Gasteiger partial charge in [0.15, 0.2) is 6.29 Å². The third-order valence-corrected chi connectivity index (χ3v) is 3.88. The van der Waals surface area contributed by atoms with Crippen LogP contribution in [0, 0.1) is 11.8 Å². The molecule has 1 rings (SSSR count). The van der Waals surface area contributed by atoms with E-state index in [2.05, 4.69) is 6.92 Å². The summed E-state index contributed by atoms with van der Waals surface area (Å²) in [5.74, 6) is 0.637. The SMILES string of the molecule is CC1CCCC(OC(O)C(C)(O)C(C)C)C1. The summed E-state index contributed by atoms with van der Waals surface area (Å²) < 4.78 is 5.59. The first-order chi connectivity index (χ1) is 7.34. The van der Waals surface area contributed by atoms with Crippen molar-refractivity contribution < 1.29 is 14.9 Å². The Labute approximate surface area is 98.8 Å². The molecule has 16 heavy (non-hydrogen) atoms. The van der Waals surface area contributed by atoms with E-state index < -0.39 is 11.9 Å². The van der Waals surface area contributed by atoms with Gasteiger partial charge in [0, 0.05) is 0 Å². The molecule has 0 amide bonds. The standard InChI is InChI=1S/C13H26O3/c1-9(2)13(4,15)12(14)16-11-7-5-6-10(3)8-11/h9-12,14-15H,5-8H2,1-4H3. The molecule has 1 fully saturated rings. The summed E-state index contributed by atoms with van der Waals surface area (Å²) in [5.41, 5.74) is -1.17. The fourth-order valence-electron chi connectivity index (χ4n) is 2.11. The molecule has 0 aromatic carbocycles. The van der Waals surface area contributed by atoms with Crippen LogP contribution in [0.5, 0.6) is 0 Å². The molecule has 0 radical (unpaired) electrons. The second-order valence-corrected chi connectivity index (χ2v) is 5.76. The monoisotopic (exact) mass is 230 g/mol. The van der Waals surface area contributed by atoms with Crippen molar-refractivity contribution >= 4 is 0 Å². The number of aliphatic hydroxyl groups is 2. The molecule has 2 N–H and O–H groups in total. The van der Waals surface area contributed by atoms with Gasteiger partial charge in [-0.2, -0.15) is 0 Å². The van der Waals surface area contributed by atoms with Gasteiger partial charge in [-0.1, -0.05) is 33.6 Å². The van der Waals surface area contributed by atoms with E-state index in [9.17, 15) is 10.2 Å². The van der Waals surface area contributed by atoms with Crippen LogP contribution in [0.3, 0.4) is 0 Å². The maximum atomic E-state index is 10.1. The second-order valence-electron chi connectivity index (χ2n) is 5.76. The zero-order valence-corrected chi connectivity index (χ0v) is 10.9. The van der Waals surface area contributed by atoms with Crippen LogP contribution in [0.25, 0.3) is 0 Å². The Morgan fingerprint density at radius 2 is 1.94 bits per heavy atom. The summed E-state index contributed by atoms with van der Waals surface area (Å²) in [5, 5.41) is 20.0. The predicted octanol–water partition coefficient (Wildman–Crippen LogP) is 2.31. The lowest BCUT2D eigenvalue weighted by molar-refractivity contribution is -0.244. The van der Waals surface area contributed by atoms with Gasteiger partial charge in [-0.15, -0.1) is 0 Å². The predicted molar refractivity (Wildman–Crippen MR) is 64.0 cm³/mol. The Hall–Kier alpha value is -0.120. The minimum Gasteiger partial charge on any atom is -0.385 e. The lowest BCUT2D eigenvalue weighted by atomic mass is 9.88. The second kappa shape index (κ2) is 5.48. The van der Waals surface area contributed by atoms with Crippen LogP contribution in [-0.2, 0) is 4.74 Å². The van der Waals surface area contributed by atoms with E-state index in [-0.39, 0.29) is 12.0 Å². The maximum absolute atomic E-state index is 10.1. The van der Waals surface area contributed by atoms with E-state index in [1.165, 1.54) is 6.42 Å². The van der Waals surface area contributed by atoms with E-state index in [1.54, 1.807) is 6.92 Å². The lowest BCUT2D eigenvalue weighted by Crippen LogP contribution is -2.47. The minimum absolute atomic E-state index is 0.0245. The first kappa shape index (κ1) is 13.9. The van der Waals surface area contributed by atoms with Crippen molar-refractivity contribution in [1.82, 2.24) is 0 Å². The molecule has 1 aliphatic carbocycles. The van der Waals surface area contributed by atoms with E-state index in [0.29, 0.717) is 5.92 Å². The van der Waals surface area contributed by atoms with Gasteiger partial charge < -0.3 is 14.9 Å². The molecule has 3 heteroatoms. The van der Waals surface area contributed by atoms with Crippen molar-refractivity contribution in [3.05, 3.63) is 0 Å². The molecule has 1 saturated carbocycles. The highest BCUT2D eigenvalue weighted by Gasteiger charge is 2.36. The highest BCUT2D eigenvalue weighted by molar-refractivity contribution is 4.81. The van der Waals surface area contributed by atoms with Gasteiger partial charge in [-0.05, 0) is 31.6 Å². The summed E-state index contributed by atoms with van der Waals surface area (Å²) in [7, 11) is 0. The molecule has 0 aromatic heterocycles. The van der Waals surface area contributed by atoms with E-state index in [0.717, 1.165) is 19.3 Å². The Kier molecular flexibility index (Phi) is 4.77. The Morgan fingerprint density at radius 1 is 1.31 bits per heavy atom. The fourth-order valence-corrected chi connectivity index (χ4v) is 2.11. The molecule has 4 unspecified atom stereocenters. The van der Waals surface area contributed by atoms with Crippen LogP contribution in [0.15, 0.2) is 0 Å². The number of hydrogen-bond donors (Lipinski definition) is 2. The van der Waals surface area contributed by atoms with Crippen molar-refractivity contribution in [2.45, 2.75) is 71.4 Å².